The van der Waals surface area contributed by atoms with Crippen molar-refractivity contribution in [3.63, 3.8) is 0 Å². The topological polar surface area (TPSA) is 92.0 Å². The van der Waals surface area contributed by atoms with Gasteiger partial charge in [-0.15, -0.1) is 0 Å². The predicted octanol–water partition coefficient (Wildman–Crippen LogP) is 3.91. The van der Waals surface area contributed by atoms with Gasteiger partial charge in [0.1, 0.15) is 22.8 Å². The molecule has 0 radical (unpaired) electrons. The molecule has 1 aromatic carbocycles. The number of aromatic hydroxyl groups is 2. The van der Waals surface area contributed by atoms with E-state index >= 15 is 0 Å². The molecule has 1 aromatic heterocycles. The Labute approximate surface area is 172 Å². The highest BCUT2D eigenvalue weighted by Gasteiger charge is 2.34. The number of benzene rings is 1. The smallest absolute Gasteiger partial charge is 0.142 e. The molecule has 0 saturated heterocycles. The van der Waals surface area contributed by atoms with E-state index in [1.165, 1.54) is 0 Å². The van der Waals surface area contributed by atoms with Gasteiger partial charge in [-0.05, 0) is 64.2 Å². The largest absolute Gasteiger partial charge is 0.507 e. The van der Waals surface area contributed by atoms with E-state index in [2.05, 4.69) is 11.9 Å². The van der Waals surface area contributed by atoms with Gasteiger partial charge >= 0.3 is 0 Å². The zero-order valence-electron chi connectivity index (χ0n) is 17.9. The Morgan fingerprint density at radius 1 is 1.10 bits per heavy atom. The van der Waals surface area contributed by atoms with Crippen LogP contribution in [0.5, 0.6) is 17.2 Å². The van der Waals surface area contributed by atoms with E-state index in [0.29, 0.717) is 35.6 Å². The molecule has 6 nitrogen and oxygen atoms in total. The molecule has 0 spiro atoms. The van der Waals surface area contributed by atoms with Gasteiger partial charge in [0.2, 0.25) is 0 Å². The predicted molar refractivity (Wildman–Crippen MR) is 111 cm³/mol. The molecule has 3 rings (SSSR count). The number of fused-ring (bicyclic) bond motifs is 1. The molecular weight excluding hydrogens is 370 g/mol. The van der Waals surface area contributed by atoms with Gasteiger partial charge in [-0.25, -0.2) is 0 Å². The number of hydrogen-bond acceptors (Lipinski definition) is 6. The molecular formula is C23H31NO5. The number of aromatic nitrogens is 1. The quantitative estimate of drug-likeness (QED) is 0.636. The third kappa shape index (κ3) is 4.05. The number of aryl methyl sites for hydroxylation is 1. The van der Waals surface area contributed by atoms with Gasteiger partial charge in [0.15, 0.2) is 0 Å². The summed E-state index contributed by atoms with van der Waals surface area (Å²) >= 11 is 0. The minimum Gasteiger partial charge on any atom is -0.507 e. The molecule has 1 aliphatic rings. The average Bonchev–Trinajstić information content (AvgIpc) is 2.70. The van der Waals surface area contributed by atoms with Crippen molar-refractivity contribution in [2.24, 2.45) is 0 Å². The summed E-state index contributed by atoms with van der Waals surface area (Å²) in [6.07, 6.45) is 4.05. The lowest BCUT2D eigenvalue weighted by molar-refractivity contribution is 0.0140. The first-order valence-corrected chi connectivity index (χ1v) is 10.0. The number of aliphatic hydroxyl groups excluding tert-OH is 1. The lowest BCUT2D eigenvalue weighted by Crippen LogP contribution is -2.38. The summed E-state index contributed by atoms with van der Waals surface area (Å²) in [7, 11) is 0. The van der Waals surface area contributed by atoms with Gasteiger partial charge in [0.25, 0.3) is 0 Å². The molecule has 1 atom stereocenters. The maximum atomic E-state index is 10.3. The van der Waals surface area contributed by atoms with Gasteiger partial charge in [0, 0.05) is 29.3 Å². The number of phenolic OH excluding ortho intramolecular Hbond substituents is 1. The van der Waals surface area contributed by atoms with E-state index in [1.807, 2.05) is 20.8 Å². The van der Waals surface area contributed by atoms with Gasteiger partial charge in [-0.1, -0.05) is 0 Å². The van der Waals surface area contributed by atoms with Crippen molar-refractivity contribution in [3.8, 4) is 17.2 Å². The Bertz CT molecular complexity index is 924. The summed E-state index contributed by atoms with van der Waals surface area (Å²) in [6.45, 7) is 10.1. The van der Waals surface area contributed by atoms with Crippen LogP contribution in [-0.4, -0.2) is 32.5 Å². The Kier molecular flexibility index (Phi) is 6.05. The van der Waals surface area contributed by atoms with Crippen LogP contribution >= 0.6 is 0 Å². The first-order valence-electron chi connectivity index (χ1n) is 10.0. The van der Waals surface area contributed by atoms with Crippen LogP contribution < -0.4 is 4.74 Å². The van der Waals surface area contributed by atoms with Gasteiger partial charge < -0.3 is 24.8 Å². The highest BCUT2D eigenvalue weighted by atomic mass is 16.5. The lowest BCUT2D eigenvalue weighted by atomic mass is 9.86. The van der Waals surface area contributed by atoms with Crippen LogP contribution in [0.15, 0.2) is 6.20 Å². The second kappa shape index (κ2) is 8.20. The molecule has 0 amide bonds. The molecule has 158 valence electrons. The van der Waals surface area contributed by atoms with E-state index in [9.17, 15) is 15.3 Å². The summed E-state index contributed by atoms with van der Waals surface area (Å²) in [5.74, 6) is 1.28. The highest BCUT2D eigenvalue weighted by Crippen LogP contribution is 2.44. The number of phenols is 1. The van der Waals surface area contributed by atoms with Crippen LogP contribution in [0.2, 0.25) is 0 Å². The minimum atomic E-state index is -0.346. The van der Waals surface area contributed by atoms with E-state index in [0.717, 1.165) is 40.8 Å². The second-order valence-electron chi connectivity index (χ2n) is 8.24. The normalized spacial score (nSPS) is 18.4. The average molecular weight is 402 g/mol. The van der Waals surface area contributed by atoms with Crippen molar-refractivity contribution in [2.75, 3.05) is 6.61 Å². The van der Waals surface area contributed by atoms with Crippen molar-refractivity contribution in [3.05, 3.63) is 45.3 Å². The monoisotopic (exact) mass is 401 g/mol. The Morgan fingerprint density at radius 3 is 2.52 bits per heavy atom. The minimum absolute atomic E-state index is 0.0252. The van der Waals surface area contributed by atoms with Crippen molar-refractivity contribution in [1.82, 2.24) is 4.98 Å². The molecule has 3 N–H and O–H groups in total. The third-order valence-corrected chi connectivity index (χ3v) is 6.21. The van der Waals surface area contributed by atoms with E-state index < -0.39 is 0 Å². The molecule has 2 heterocycles. The Morgan fingerprint density at radius 2 is 1.83 bits per heavy atom. The third-order valence-electron chi connectivity index (χ3n) is 6.21. The number of hydrogen-bond donors (Lipinski definition) is 3. The zero-order valence-corrected chi connectivity index (χ0v) is 17.9. The maximum absolute atomic E-state index is 10.3. The summed E-state index contributed by atoms with van der Waals surface area (Å²) in [5, 5.41) is 29.9. The fourth-order valence-electron chi connectivity index (χ4n) is 3.93. The molecule has 1 aliphatic heterocycles. The molecule has 29 heavy (non-hydrogen) atoms. The first-order chi connectivity index (χ1) is 13.7. The zero-order chi connectivity index (χ0) is 21.3. The SMILES string of the molecule is Cc1ncc(COCCC2(C)CCc3c(C)c(O)c(C)c(C)c3O2)c(CO)c1O. The number of ether oxygens (including phenoxy) is 2. The summed E-state index contributed by atoms with van der Waals surface area (Å²) in [6, 6.07) is 0. The molecule has 0 saturated carbocycles. The van der Waals surface area contributed by atoms with Crippen molar-refractivity contribution in [2.45, 2.75) is 72.7 Å². The molecule has 0 fully saturated rings. The number of nitrogens with zero attached hydrogens (tertiary/aromatic N) is 1. The fraction of sp³-hybridized carbons (Fsp3) is 0.522. The van der Waals surface area contributed by atoms with Crippen LogP contribution in [0.4, 0.5) is 0 Å². The Balaban J connectivity index is 1.65. The number of aliphatic hydroxyl groups is 1. The van der Waals surface area contributed by atoms with Crippen LogP contribution in [0.25, 0.3) is 0 Å². The number of pyridine rings is 1. The van der Waals surface area contributed by atoms with Crippen LogP contribution in [-0.2, 0) is 24.4 Å². The molecule has 0 bridgehead atoms. The van der Waals surface area contributed by atoms with E-state index in [1.54, 1.807) is 13.1 Å². The maximum Gasteiger partial charge on any atom is 0.142 e. The van der Waals surface area contributed by atoms with Crippen LogP contribution in [0, 0.1) is 27.7 Å². The van der Waals surface area contributed by atoms with Crippen LogP contribution in [0.3, 0.4) is 0 Å². The van der Waals surface area contributed by atoms with E-state index in [-0.39, 0.29) is 24.6 Å². The Hall–Kier alpha value is -2.31. The van der Waals surface area contributed by atoms with Crippen molar-refractivity contribution >= 4 is 0 Å². The summed E-state index contributed by atoms with van der Waals surface area (Å²) < 4.78 is 12.2. The fourth-order valence-corrected chi connectivity index (χ4v) is 3.93. The van der Waals surface area contributed by atoms with Gasteiger partial charge in [-0.3, -0.25) is 4.98 Å². The second-order valence-corrected chi connectivity index (χ2v) is 8.24. The molecule has 1 unspecified atom stereocenters. The molecule has 6 heteroatoms. The van der Waals surface area contributed by atoms with Crippen molar-refractivity contribution in [1.29, 1.82) is 0 Å². The standard InChI is InChI=1S/C23H31NO5/c1-13-14(2)22-18(15(3)20(13)26)6-7-23(5,29-22)8-9-28-12-17-10-24-16(4)21(27)19(17)11-25/h10,25-27H,6-9,11-12H2,1-5H3. The highest BCUT2D eigenvalue weighted by molar-refractivity contribution is 5.58. The van der Waals surface area contributed by atoms with E-state index in [4.69, 9.17) is 9.47 Å². The number of rotatable bonds is 6. The summed E-state index contributed by atoms with van der Waals surface area (Å²) in [5.41, 5.74) is 5.16. The first kappa shape index (κ1) is 21.4. The van der Waals surface area contributed by atoms with Crippen molar-refractivity contribution < 1.29 is 24.8 Å². The lowest BCUT2D eigenvalue weighted by Gasteiger charge is -2.38. The van der Waals surface area contributed by atoms with Gasteiger partial charge in [-0.2, -0.15) is 0 Å². The van der Waals surface area contributed by atoms with Crippen LogP contribution in [0.1, 0.15) is 58.8 Å². The summed E-state index contributed by atoms with van der Waals surface area (Å²) in [4.78, 5) is 4.14. The van der Waals surface area contributed by atoms with Gasteiger partial charge in [0.05, 0.1) is 25.5 Å². The molecule has 2 aromatic rings. The molecule has 0 aliphatic carbocycles.